The number of amides is 1. The molecule has 0 atom stereocenters. The molecule has 0 saturated carbocycles. The molecule has 0 aliphatic heterocycles. The monoisotopic (exact) mass is 294 g/mol. The van der Waals surface area contributed by atoms with Crippen molar-refractivity contribution in [1.82, 2.24) is 4.57 Å². The Hall–Kier alpha value is -2.75. The number of hydrogen-bond acceptors (Lipinski definition) is 2. The summed E-state index contributed by atoms with van der Waals surface area (Å²) in [6.45, 7) is 1.98. The van der Waals surface area contributed by atoms with Crippen molar-refractivity contribution in [2.45, 2.75) is 6.92 Å². The standard InChI is InChI=1S/C18H18N2O2/c1-12-7-8-16(22-3)15(11-12)19-18(21)14-6-4-5-13-9-10-20(2)17(13)14/h4-11H,1-3H3,(H,19,21). The third-order valence-corrected chi connectivity index (χ3v) is 3.75. The fourth-order valence-corrected chi connectivity index (χ4v) is 2.65. The molecule has 1 heterocycles. The third kappa shape index (κ3) is 2.44. The first-order chi connectivity index (χ1) is 10.6. The van der Waals surface area contributed by atoms with Gasteiger partial charge in [0, 0.05) is 18.6 Å². The summed E-state index contributed by atoms with van der Waals surface area (Å²) in [7, 11) is 3.53. The number of aryl methyl sites for hydroxylation is 2. The van der Waals surface area contributed by atoms with E-state index in [1.807, 2.05) is 67.2 Å². The van der Waals surface area contributed by atoms with Gasteiger partial charge >= 0.3 is 0 Å². The highest BCUT2D eigenvalue weighted by molar-refractivity contribution is 6.12. The summed E-state index contributed by atoms with van der Waals surface area (Å²) in [6.07, 6.45) is 1.95. The minimum absolute atomic E-state index is 0.142. The lowest BCUT2D eigenvalue weighted by molar-refractivity contribution is 0.102. The van der Waals surface area contributed by atoms with Gasteiger partial charge in [0.05, 0.1) is 23.9 Å². The number of ether oxygens (including phenoxy) is 1. The number of benzene rings is 2. The maximum Gasteiger partial charge on any atom is 0.257 e. The molecule has 0 fully saturated rings. The lowest BCUT2D eigenvalue weighted by Gasteiger charge is -2.12. The van der Waals surface area contributed by atoms with Crippen LogP contribution in [0.15, 0.2) is 48.7 Å². The van der Waals surface area contributed by atoms with Crippen molar-refractivity contribution in [2.75, 3.05) is 12.4 Å². The van der Waals surface area contributed by atoms with Crippen molar-refractivity contribution in [3.63, 3.8) is 0 Å². The largest absolute Gasteiger partial charge is 0.495 e. The Kier molecular flexibility index (Phi) is 3.59. The van der Waals surface area contributed by atoms with Gasteiger partial charge in [-0.1, -0.05) is 18.2 Å². The maximum absolute atomic E-state index is 12.7. The van der Waals surface area contributed by atoms with Crippen molar-refractivity contribution in [2.24, 2.45) is 7.05 Å². The van der Waals surface area contributed by atoms with Gasteiger partial charge in [-0.25, -0.2) is 0 Å². The zero-order valence-corrected chi connectivity index (χ0v) is 12.9. The Morgan fingerprint density at radius 3 is 2.77 bits per heavy atom. The number of anilines is 1. The number of para-hydroxylation sites is 1. The van der Waals surface area contributed by atoms with Gasteiger partial charge < -0.3 is 14.6 Å². The van der Waals surface area contributed by atoms with E-state index in [1.54, 1.807) is 7.11 Å². The molecule has 4 heteroatoms. The molecular formula is C18H18N2O2. The summed E-state index contributed by atoms with van der Waals surface area (Å²) in [4.78, 5) is 12.7. The molecule has 1 aromatic heterocycles. The van der Waals surface area contributed by atoms with Gasteiger partial charge in [0.25, 0.3) is 5.91 Å². The number of rotatable bonds is 3. The second-order valence-electron chi connectivity index (χ2n) is 5.33. The van der Waals surface area contributed by atoms with E-state index >= 15 is 0 Å². The molecule has 4 nitrogen and oxygen atoms in total. The van der Waals surface area contributed by atoms with Crippen molar-refractivity contribution in [3.8, 4) is 5.75 Å². The van der Waals surface area contributed by atoms with Crippen molar-refractivity contribution < 1.29 is 9.53 Å². The number of methoxy groups -OCH3 is 1. The topological polar surface area (TPSA) is 43.3 Å². The first-order valence-corrected chi connectivity index (χ1v) is 7.10. The van der Waals surface area contributed by atoms with Gasteiger partial charge in [0.1, 0.15) is 5.75 Å². The molecule has 1 amide bonds. The predicted molar refractivity (Wildman–Crippen MR) is 88.6 cm³/mol. The van der Waals surface area contributed by atoms with Gasteiger partial charge in [-0.3, -0.25) is 4.79 Å². The molecule has 0 saturated heterocycles. The van der Waals surface area contributed by atoms with Crippen LogP contribution in [-0.2, 0) is 7.05 Å². The molecule has 0 spiro atoms. The quantitative estimate of drug-likeness (QED) is 0.799. The molecule has 2 aromatic carbocycles. The zero-order valence-electron chi connectivity index (χ0n) is 12.9. The van der Waals surface area contributed by atoms with Crippen LogP contribution in [0.5, 0.6) is 5.75 Å². The molecule has 0 radical (unpaired) electrons. The molecule has 22 heavy (non-hydrogen) atoms. The van der Waals surface area contributed by atoms with Crippen LogP contribution < -0.4 is 10.1 Å². The maximum atomic E-state index is 12.7. The van der Waals surface area contributed by atoms with Crippen LogP contribution in [0.4, 0.5) is 5.69 Å². The summed E-state index contributed by atoms with van der Waals surface area (Å²) >= 11 is 0. The van der Waals surface area contributed by atoms with E-state index in [0.717, 1.165) is 16.5 Å². The van der Waals surface area contributed by atoms with Crippen molar-refractivity contribution in [3.05, 3.63) is 59.8 Å². The molecule has 0 unspecified atom stereocenters. The highest BCUT2D eigenvalue weighted by atomic mass is 16.5. The van der Waals surface area contributed by atoms with Crippen LogP contribution in [0.25, 0.3) is 10.9 Å². The highest BCUT2D eigenvalue weighted by Gasteiger charge is 2.14. The molecule has 0 aliphatic rings. The number of carbonyl (C=O) groups excluding carboxylic acids is 1. The van der Waals surface area contributed by atoms with Crippen LogP contribution in [0.1, 0.15) is 15.9 Å². The number of hydrogen-bond donors (Lipinski definition) is 1. The molecule has 112 valence electrons. The molecule has 0 aliphatic carbocycles. The van der Waals surface area contributed by atoms with E-state index in [2.05, 4.69) is 5.32 Å². The summed E-state index contributed by atoms with van der Waals surface area (Å²) < 4.78 is 7.27. The normalized spacial score (nSPS) is 10.7. The van der Waals surface area contributed by atoms with Crippen LogP contribution in [0, 0.1) is 6.92 Å². The Morgan fingerprint density at radius 1 is 1.18 bits per heavy atom. The minimum atomic E-state index is -0.142. The number of aromatic nitrogens is 1. The SMILES string of the molecule is COc1ccc(C)cc1NC(=O)c1cccc2ccn(C)c12. The third-order valence-electron chi connectivity index (χ3n) is 3.75. The van der Waals surface area contributed by atoms with E-state index in [0.29, 0.717) is 17.0 Å². The fourth-order valence-electron chi connectivity index (χ4n) is 2.65. The van der Waals surface area contributed by atoms with E-state index in [9.17, 15) is 4.79 Å². The van der Waals surface area contributed by atoms with Gasteiger partial charge in [0.15, 0.2) is 0 Å². The highest BCUT2D eigenvalue weighted by Crippen LogP contribution is 2.27. The first-order valence-electron chi connectivity index (χ1n) is 7.10. The van der Waals surface area contributed by atoms with Gasteiger partial charge in [0.2, 0.25) is 0 Å². The van der Waals surface area contributed by atoms with Crippen LogP contribution in [-0.4, -0.2) is 17.6 Å². The average Bonchev–Trinajstić information content (AvgIpc) is 2.89. The van der Waals surface area contributed by atoms with Crippen molar-refractivity contribution in [1.29, 1.82) is 0 Å². The summed E-state index contributed by atoms with van der Waals surface area (Å²) in [5, 5.41) is 4.00. The van der Waals surface area contributed by atoms with Gasteiger partial charge in [-0.05, 0) is 36.8 Å². The number of nitrogens with one attached hydrogen (secondary N) is 1. The minimum Gasteiger partial charge on any atom is -0.495 e. The van der Waals surface area contributed by atoms with E-state index < -0.39 is 0 Å². The second kappa shape index (κ2) is 5.56. The van der Waals surface area contributed by atoms with E-state index in [-0.39, 0.29) is 5.91 Å². The van der Waals surface area contributed by atoms with E-state index in [4.69, 9.17) is 4.74 Å². The average molecular weight is 294 g/mol. The van der Waals surface area contributed by atoms with Gasteiger partial charge in [-0.15, -0.1) is 0 Å². The van der Waals surface area contributed by atoms with Crippen molar-refractivity contribution >= 4 is 22.5 Å². The summed E-state index contributed by atoms with van der Waals surface area (Å²) in [5.41, 5.74) is 3.31. The lowest BCUT2D eigenvalue weighted by Crippen LogP contribution is -2.14. The number of carbonyl (C=O) groups is 1. The Balaban J connectivity index is 2.01. The lowest BCUT2D eigenvalue weighted by atomic mass is 10.1. The molecular weight excluding hydrogens is 276 g/mol. The van der Waals surface area contributed by atoms with Gasteiger partial charge in [-0.2, -0.15) is 0 Å². The molecule has 0 bridgehead atoms. The molecule has 3 aromatic rings. The zero-order chi connectivity index (χ0) is 15.7. The van der Waals surface area contributed by atoms with Crippen LogP contribution in [0.3, 0.4) is 0 Å². The van der Waals surface area contributed by atoms with Crippen LogP contribution in [0.2, 0.25) is 0 Å². The smallest absolute Gasteiger partial charge is 0.257 e. The molecule has 3 rings (SSSR count). The first kappa shape index (κ1) is 14.2. The second-order valence-corrected chi connectivity index (χ2v) is 5.33. The number of nitrogens with zero attached hydrogens (tertiary/aromatic N) is 1. The molecule has 1 N–H and O–H groups in total. The van der Waals surface area contributed by atoms with E-state index in [1.165, 1.54) is 0 Å². The summed E-state index contributed by atoms with van der Waals surface area (Å²) in [5.74, 6) is 0.509. The summed E-state index contributed by atoms with van der Waals surface area (Å²) in [6, 6.07) is 13.4. The Bertz CT molecular complexity index is 849. The predicted octanol–water partition coefficient (Wildman–Crippen LogP) is 3.75. The Morgan fingerprint density at radius 2 is 2.00 bits per heavy atom. The Labute approximate surface area is 129 Å². The fraction of sp³-hybridized carbons (Fsp3) is 0.167. The van der Waals surface area contributed by atoms with Crippen LogP contribution >= 0.6 is 0 Å². The number of fused-ring (bicyclic) bond motifs is 1.